The molecule has 1 aliphatic rings. The van der Waals surface area contributed by atoms with Crippen molar-refractivity contribution in [1.82, 2.24) is 0 Å². The third-order valence-corrected chi connectivity index (χ3v) is 12.2. The molecule has 0 saturated carbocycles. The predicted molar refractivity (Wildman–Crippen MR) is 228 cm³/mol. The smallest absolute Gasteiger partial charge is 0.0465 e. The van der Waals surface area contributed by atoms with E-state index >= 15 is 0 Å². The number of benzene rings is 8. The Morgan fingerprint density at radius 1 is 0.358 bits per heavy atom. The van der Waals surface area contributed by atoms with E-state index in [1.54, 1.807) is 0 Å². The molecule has 9 aromatic rings. The molecule has 2 heteroatoms. The molecule has 8 aromatic carbocycles. The number of fused-ring (bicyclic) bond motifs is 6. The average Bonchev–Trinajstić information content (AvgIpc) is 3.70. The fourth-order valence-corrected chi connectivity index (χ4v) is 9.50. The maximum absolute atomic E-state index is 2.41. The number of hydrogen-bond acceptors (Lipinski definition) is 2. The van der Waals surface area contributed by atoms with Gasteiger partial charge in [0.15, 0.2) is 0 Å². The lowest BCUT2D eigenvalue weighted by Crippen LogP contribution is -2.16. The molecule has 0 saturated heterocycles. The predicted octanol–water partition coefficient (Wildman–Crippen LogP) is 14.8. The maximum atomic E-state index is 2.41. The van der Waals surface area contributed by atoms with Crippen molar-refractivity contribution >= 4 is 48.6 Å². The summed E-state index contributed by atoms with van der Waals surface area (Å²) in [4.78, 5) is 2.41. The van der Waals surface area contributed by atoms with Crippen molar-refractivity contribution in [1.29, 1.82) is 0 Å². The van der Waals surface area contributed by atoms with Gasteiger partial charge in [-0.15, -0.1) is 11.3 Å². The van der Waals surface area contributed by atoms with Crippen molar-refractivity contribution in [2.24, 2.45) is 0 Å². The standard InChI is InChI=1S/C51H37NS/c1-51(2)47-19-11-9-17-41(47)42-30-29-40(31-48(42)51)52(38-25-21-35(22-26-38)34-13-5-3-6-14-34)39-27-23-37(24-28-39)45-33-50-46(43-18-10-12-20-49(43)53-50)32-44(45)36-15-7-4-8-16-36/h3-33H,1-2H3. The van der Waals surface area contributed by atoms with Crippen LogP contribution in [0.25, 0.3) is 64.7 Å². The summed E-state index contributed by atoms with van der Waals surface area (Å²) in [6.45, 7) is 4.71. The van der Waals surface area contributed by atoms with Gasteiger partial charge in [0.05, 0.1) is 0 Å². The van der Waals surface area contributed by atoms with Crippen LogP contribution >= 0.6 is 11.3 Å². The molecule has 1 aromatic heterocycles. The van der Waals surface area contributed by atoms with E-state index in [-0.39, 0.29) is 5.41 Å². The summed E-state index contributed by atoms with van der Waals surface area (Å²) < 4.78 is 2.63. The first-order valence-corrected chi connectivity index (χ1v) is 19.2. The molecule has 53 heavy (non-hydrogen) atoms. The lowest BCUT2D eigenvalue weighted by Gasteiger charge is -2.28. The molecule has 0 fully saturated rings. The monoisotopic (exact) mass is 695 g/mol. The first kappa shape index (κ1) is 31.5. The Morgan fingerprint density at radius 2 is 0.887 bits per heavy atom. The van der Waals surface area contributed by atoms with Crippen molar-refractivity contribution in [2.45, 2.75) is 19.3 Å². The van der Waals surface area contributed by atoms with Crippen molar-refractivity contribution in [3.8, 4) is 44.5 Å². The summed E-state index contributed by atoms with van der Waals surface area (Å²) in [5, 5.41) is 2.64. The second-order valence-corrected chi connectivity index (χ2v) is 15.6. The first-order valence-electron chi connectivity index (χ1n) is 18.3. The highest BCUT2D eigenvalue weighted by atomic mass is 32.1. The quantitative estimate of drug-likeness (QED) is 0.167. The van der Waals surface area contributed by atoms with Crippen molar-refractivity contribution in [2.75, 3.05) is 4.90 Å². The SMILES string of the molecule is CC1(C)c2ccccc2-c2ccc(N(c3ccc(-c4ccccc4)cc3)c3ccc(-c4cc5sc6ccccc6c5cc4-c4ccccc4)cc3)cc21. The van der Waals surface area contributed by atoms with Crippen LogP contribution in [0.15, 0.2) is 188 Å². The Hall–Kier alpha value is -6.22. The summed E-state index contributed by atoms with van der Waals surface area (Å²) in [6.07, 6.45) is 0. The molecule has 0 unspecified atom stereocenters. The van der Waals surface area contributed by atoms with Crippen LogP contribution in [0.4, 0.5) is 17.1 Å². The first-order chi connectivity index (χ1) is 26.0. The van der Waals surface area contributed by atoms with E-state index < -0.39 is 0 Å². The highest BCUT2D eigenvalue weighted by Gasteiger charge is 2.35. The van der Waals surface area contributed by atoms with Crippen LogP contribution in [0.1, 0.15) is 25.0 Å². The van der Waals surface area contributed by atoms with Gasteiger partial charge in [-0.2, -0.15) is 0 Å². The number of thiophene rings is 1. The summed E-state index contributed by atoms with van der Waals surface area (Å²) in [5.41, 5.74) is 16.1. The largest absolute Gasteiger partial charge is 0.310 e. The number of anilines is 3. The molecule has 1 nitrogen and oxygen atoms in total. The zero-order valence-electron chi connectivity index (χ0n) is 29.8. The van der Waals surface area contributed by atoms with E-state index in [2.05, 4.69) is 207 Å². The fourth-order valence-electron chi connectivity index (χ4n) is 8.37. The molecule has 0 N–H and O–H groups in total. The normalized spacial score (nSPS) is 12.9. The molecule has 0 atom stereocenters. The maximum Gasteiger partial charge on any atom is 0.0465 e. The molecule has 0 aliphatic heterocycles. The van der Waals surface area contributed by atoms with Crippen molar-refractivity contribution in [3.05, 3.63) is 199 Å². The third-order valence-electron chi connectivity index (χ3n) is 11.1. The van der Waals surface area contributed by atoms with E-state index in [1.807, 2.05) is 11.3 Å². The second-order valence-electron chi connectivity index (χ2n) is 14.6. The minimum Gasteiger partial charge on any atom is -0.310 e. The lowest BCUT2D eigenvalue weighted by atomic mass is 9.82. The molecule has 252 valence electrons. The number of nitrogens with zero attached hydrogens (tertiary/aromatic N) is 1. The Labute approximate surface area is 315 Å². The summed E-state index contributed by atoms with van der Waals surface area (Å²) in [7, 11) is 0. The Kier molecular flexibility index (Phi) is 7.42. The van der Waals surface area contributed by atoms with E-state index in [0.717, 1.165) is 17.1 Å². The van der Waals surface area contributed by atoms with Gasteiger partial charge < -0.3 is 4.90 Å². The highest BCUT2D eigenvalue weighted by molar-refractivity contribution is 7.25. The number of hydrogen-bond donors (Lipinski definition) is 0. The zero-order chi connectivity index (χ0) is 35.5. The third kappa shape index (κ3) is 5.29. The minimum atomic E-state index is -0.0896. The molecule has 0 amide bonds. The minimum absolute atomic E-state index is 0.0896. The Morgan fingerprint density at radius 3 is 1.62 bits per heavy atom. The molecular weight excluding hydrogens is 659 g/mol. The molecule has 1 aliphatic carbocycles. The van der Waals surface area contributed by atoms with Gasteiger partial charge in [-0.3, -0.25) is 0 Å². The van der Waals surface area contributed by atoms with Crippen LogP contribution in [0.2, 0.25) is 0 Å². The van der Waals surface area contributed by atoms with Gasteiger partial charge in [0.1, 0.15) is 0 Å². The lowest BCUT2D eigenvalue weighted by molar-refractivity contribution is 0.660. The van der Waals surface area contributed by atoms with Crippen LogP contribution in [0.5, 0.6) is 0 Å². The topological polar surface area (TPSA) is 3.24 Å². The van der Waals surface area contributed by atoms with Crippen molar-refractivity contribution < 1.29 is 0 Å². The zero-order valence-corrected chi connectivity index (χ0v) is 30.6. The Bertz CT molecular complexity index is 2780. The van der Waals surface area contributed by atoms with E-state index in [9.17, 15) is 0 Å². The van der Waals surface area contributed by atoms with E-state index in [4.69, 9.17) is 0 Å². The molecule has 0 bridgehead atoms. The summed E-state index contributed by atoms with van der Waals surface area (Å²) in [5.74, 6) is 0. The van der Waals surface area contributed by atoms with Crippen LogP contribution in [-0.2, 0) is 5.41 Å². The molecule has 0 radical (unpaired) electrons. The van der Waals surface area contributed by atoms with Gasteiger partial charge in [-0.05, 0) is 110 Å². The van der Waals surface area contributed by atoms with Crippen molar-refractivity contribution in [3.63, 3.8) is 0 Å². The van der Waals surface area contributed by atoms with Gasteiger partial charge in [0, 0.05) is 42.6 Å². The van der Waals surface area contributed by atoms with Gasteiger partial charge in [0.25, 0.3) is 0 Å². The van der Waals surface area contributed by atoms with Crippen LogP contribution in [-0.4, -0.2) is 0 Å². The summed E-state index contributed by atoms with van der Waals surface area (Å²) >= 11 is 1.87. The molecule has 1 heterocycles. The molecule has 10 rings (SSSR count). The summed E-state index contributed by atoms with van der Waals surface area (Å²) in [6, 6.07) is 69.1. The second kappa shape index (κ2) is 12.5. The Balaban J connectivity index is 1.11. The van der Waals surface area contributed by atoms with Gasteiger partial charge in [0.2, 0.25) is 0 Å². The van der Waals surface area contributed by atoms with Crippen LogP contribution in [0.3, 0.4) is 0 Å². The van der Waals surface area contributed by atoms with Crippen LogP contribution < -0.4 is 4.90 Å². The van der Waals surface area contributed by atoms with Crippen LogP contribution in [0, 0.1) is 0 Å². The fraction of sp³-hybridized carbons (Fsp3) is 0.0588. The highest BCUT2D eigenvalue weighted by Crippen LogP contribution is 2.51. The molecular formula is C51H37NS. The van der Waals surface area contributed by atoms with E-state index in [0.29, 0.717) is 0 Å². The number of rotatable bonds is 6. The van der Waals surface area contributed by atoms with Gasteiger partial charge in [-0.25, -0.2) is 0 Å². The van der Waals surface area contributed by atoms with Gasteiger partial charge >= 0.3 is 0 Å². The van der Waals surface area contributed by atoms with Gasteiger partial charge in [-0.1, -0.05) is 147 Å². The van der Waals surface area contributed by atoms with E-state index in [1.165, 1.54) is 75.8 Å². The molecule has 0 spiro atoms. The average molecular weight is 696 g/mol.